The lowest BCUT2D eigenvalue weighted by molar-refractivity contribution is 0.0985. The number of para-hydroxylation sites is 1. The fourth-order valence-electron chi connectivity index (χ4n) is 2.60. The molecule has 4 nitrogen and oxygen atoms in total. The first-order valence-corrected chi connectivity index (χ1v) is 7.08. The van der Waals surface area contributed by atoms with Crippen LogP contribution in [0.15, 0.2) is 54.6 Å². The van der Waals surface area contributed by atoms with Gasteiger partial charge in [0.05, 0.1) is 7.11 Å². The lowest BCUT2D eigenvalue weighted by Gasteiger charge is -2.17. The Labute approximate surface area is 129 Å². The van der Waals surface area contributed by atoms with Crippen molar-refractivity contribution in [2.45, 2.75) is 0 Å². The van der Waals surface area contributed by atoms with Crippen molar-refractivity contribution < 1.29 is 9.53 Å². The molecule has 2 aromatic carbocycles. The molecule has 112 valence electrons. The average molecular weight is 294 g/mol. The Morgan fingerprint density at radius 3 is 2.50 bits per heavy atom. The van der Waals surface area contributed by atoms with Gasteiger partial charge in [-0.05, 0) is 36.4 Å². The Balaban J connectivity index is 2.02. The molecule has 0 saturated heterocycles. The van der Waals surface area contributed by atoms with Gasteiger partial charge >= 0.3 is 0 Å². The summed E-state index contributed by atoms with van der Waals surface area (Å²) in [4.78, 5) is 14.4. The minimum atomic E-state index is -0.0381. The smallest absolute Gasteiger partial charge is 0.274 e. The number of carbonyl (C=O) groups excluding carboxylic acids is 1. The SMILES string of the molecule is COc1ccc2c(c1)cc(C(=O)N(C)c1ccccc1)n2C. The standard InChI is InChI=1S/C18H18N2O2/c1-19(14-7-5-4-6-8-14)18(21)17-12-13-11-15(22-3)9-10-16(13)20(17)2/h4-12H,1-3H3. The number of amides is 1. The highest BCUT2D eigenvalue weighted by Gasteiger charge is 2.18. The Bertz CT molecular complexity index is 822. The minimum Gasteiger partial charge on any atom is -0.497 e. The van der Waals surface area contributed by atoms with Gasteiger partial charge in [-0.25, -0.2) is 0 Å². The van der Waals surface area contributed by atoms with Crippen molar-refractivity contribution >= 4 is 22.5 Å². The number of carbonyl (C=O) groups is 1. The van der Waals surface area contributed by atoms with Gasteiger partial charge in [0.1, 0.15) is 11.4 Å². The predicted molar refractivity (Wildman–Crippen MR) is 88.6 cm³/mol. The van der Waals surface area contributed by atoms with Gasteiger partial charge in [0.2, 0.25) is 0 Å². The van der Waals surface area contributed by atoms with Crippen molar-refractivity contribution in [3.05, 3.63) is 60.3 Å². The highest BCUT2D eigenvalue weighted by molar-refractivity contribution is 6.07. The first-order chi connectivity index (χ1) is 10.6. The fourth-order valence-corrected chi connectivity index (χ4v) is 2.60. The van der Waals surface area contributed by atoms with E-state index in [0.29, 0.717) is 5.69 Å². The number of rotatable bonds is 3. The maximum Gasteiger partial charge on any atom is 0.274 e. The molecule has 0 bridgehead atoms. The van der Waals surface area contributed by atoms with Crippen molar-refractivity contribution in [2.75, 3.05) is 19.1 Å². The summed E-state index contributed by atoms with van der Waals surface area (Å²) in [6.07, 6.45) is 0. The molecule has 0 atom stereocenters. The zero-order chi connectivity index (χ0) is 15.7. The summed E-state index contributed by atoms with van der Waals surface area (Å²) in [6.45, 7) is 0. The molecule has 0 aliphatic rings. The van der Waals surface area contributed by atoms with Crippen LogP contribution in [0.3, 0.4) is 0 Å². The van der Waals surface area contributed by atoms with Crippen LogP contribution in [0.4, 0.5) is 5.69 Å². The number of benzene rings is 2. The molecular weight excluding hydrogens is 276 g/mol. The molecule has 0 radical (unpaired) electrons. The summed E-state index contributed by atoms with van der Waals surface area (Å²) in [5.74, 6) is 0.748. The van der Waals surface area contributed by atoms with E-state index in [4.69, 9.17) is 4.74 Å². The number of anilines is 1. The molecule has 0 spiro atoms. The summed E-state index contributed by atoms with van der Waals surface area (Å²) in [7, 11) is 5.33. The van der Waals surface area contributed by atoms with Crippen LogP contribution in [0.25, 0.3) is 10.9 Å². The van der Waals surface area contributed by atoms with Gasteiger partial charge < -0.3 is 14.2 Å². The molecule has 0 unspecified atom stereocenters. The van der Waals surface area contributed by atoms with Gasteiger partial charge in [-0.3, -0.25) is 4.79 Å². The maximum atomic E-state index is 12.8. The Morgan fingerprint density at radius 2 is 1.82 bits per heavy atom. The number of fused-ring (bicyclic) bond motifs is 1. The Morgan fingerprint density at radius 1 is 1.09 bits per heavy atom. The number of ether oxygens (including phenoxy) is 1. The average Bonchev–Trinajstić information content (AvgIpc) is 2.90. The largest absolute Gasteiger partial charge is 0.497 e. The first-order valence-electron chi connectivity index (χ1n) is 7.08. The first kappa shape index (κ1) is 14.2. The molecule has 0 fully saturated rings. The molecule has 0 N–H and O–H groups in total. The third kappa shape index (κ3) is 2.33. The number of hydrogen-bond acceptors (Lipinski definition) is 2. The van der Waals surface area contributed by atoms with Crippen LogP contribution in [0, 0.1) is 0 Å². The minimum absolute atomic E-state index is 0.0381. The Hall–Kier alpha value is -2.75. The number of nitrogens with zero attached hydrogens (tertiary/aromatic N) is 2. The summed E-state index contributed by atoms with van der Waals surface area (Å²) >= 11 is 0. The van der Waals surface area contributed by atoms with Crippen molar-refractivity contribution in [1.82, 2.24) is 4.57 Å². The zero-order valence-electron chi connectivity index (χ0n) is 12.9. The Kier molecular flexibility index (Phi) is 3.59. The van der Waals surface area contributed by atoms with E-state index in [-0.39, 0.29) is 5.91 Å². The van der Waals surface area contributed by atoms with E-state index in [2.05, 4.69) is 0 Å². The van der Waals surface area contributed by atoms with E-state index in [0.717, 1.165) is 22.3 Å². The van der Waals surface area contributed by atoms with Crippen LogP contribution in [0.1, 0.15) is 10.5 Å². The van der Waals surface area contributed by atoms with Crippen LogP contribution >= 0.6 is 0 Å². The van der Waals surface area contributed by atoms with Crippen LogP contribution in [0.2, 0.25) is 0 Å². The molecule has 1 amide bonds. The van der Waals surface area contributed by atoms with Crippen LogP contribution in [-0.2, 0) is 7.05 Å². The molecule has 4 heteroatoms. The van der Waals surface area contributed by atoms with Crippen molar-refractivity contribution in [2.24, 2.45) is 7.05 Å². The lowest BCUT2D eigenvalue weighted by Crippen LogP contribution is -2.27. The summed E-state index contributed by atoms with van der Waals surface area (Å²) in [5.41, 5.74) is 2.52. The summed E-state index contributed by atoms with van der Waals surface area (Å²) in [6, 6.07) is 17.3. The normalized spacial score (nSPS) is 10.7. The summed E-state index contributed by atoms with van der Waals surface area (Å²) < 4.78 is 7.16. The van der Waals surface area contributed by atoms with Gasteiger partial charge in [0, 0.05) is 30.7 Å². The quantitative estimate of drug-likeness (QED) is 0.741. The topological polar surface area (TPSA) is 34.5 Å². The molecule has 3 rings (SSSR count). The van der Waals surface area contributed by atoms with E-state index >= 15 is 0 Å². The fraction of sp³-hybridized carbons (Fsp3) is 0.167. The van der Waals surface area contributed by atoms with E-state index in [1.54, 1.807) is 19.1 Å². The molecule has 0 aliphatic carbocycles. The molecule has 1 heterocycles. The third-order valence-corrected chi connectivity index (χ3v) is 3.92. The number of aromatic nitrogens is 1. The lowest BCUT2D eigenvalue weighted by atomic mass is 10.2. The highest BCUT2D eigenvalue weighted by atomic mass is 16.5. The van der Waals surface area contributed by atoms with Gasteiger partial charge in [-0.1, -0.05) is 18.2 Å². The molecule has 3 aromatic rings. The van der Waals surface area contributed by atoms with E-state index in [1.165, 1.54) is 0 Å². The monoisotopic (exact) mass is 294 g/mol. The van der Waals surface area contributed by atoms with Gasteiger partial charge in [-0.2, -0.15) is 0 Å². The van der Waals surface area contributed by atoms with Gasteiger partial charge in [-0.15, -0.1) is 0 Å². The van der Waals surface area contributed by atoms with Gasteiger partial charge in [0.15, 0.2) is 0 Å². The molecule has 0 aliphatic heterocycles. The highest BCUT2D eigenvalue weighted by Crippen LogP contribution is 2.25. The second-order valence-corrected chi connectivity index (χ2v) is 5.21. The second-order valence-electron chi connectivity index (χ2n) is 5.21. The van der Waals surface area contributed by atoms with Crippen molar-refractivity contribution in [3.63, 3.8) is 0 Å². The number of aryl methyl sites for hydroxylation is 1. The van der Waals surface area contributed by atoms with E-state index < -0.39 is 0 Å². The second kappa shape index (κ2) is 5.56. The van der Waals surface area contributed by atoms with Gasteiger partial charge in [0.25, 0.3) is 5.91 Å². The van der Waals surface area contributed by atoms with Crippen molar-refractivity contribution in [3.8, 4) is 5.75 Å². The maximum absolute atomic E-state index is 12.8. The zero-order valence-corrected chi connectivity index (χ0v) is 12.9. The van der Waals surface area contributed by atoms with E-state index in [1.807, 2.05) is 66.2 Å². The third-order valence-electron chi connectivity index (χ3n) is 3.92. The van der Waals surface area contributed by atoms with Crippen LogP contribution in [-0.4, -0.2) is 24.6 Å². The van der Waals surface area contributed by atoms with Crippen molar-refractivity contribution in [1.29, 1.82) is 0 Å². The molecule has 22 heavy (non-hydrogen) atoms. The predicted octanol–water partition coefficient (Wildman–Crippen LogP) is 3.46. The van der Waals surface area contributed by atoms with E-state index in [9.17, 15) is 4.79 Å². The number of hydrogen-bond donors (Lipinski definition) is 0. The summed E-state index contributed by atoms with van der Waals surface area (Å²) in [5, 5.41) is 0.992. The van der Waals surface area contributed by atoms with Crippen LogP contribution in [0.5, 0.6) is 5.75 Å². The molecular formula is C18H18N2O2. The molecule has 0 saturated carbocycles. The molecule has 1 aromatic heterocycles. The van der Waals surface area contributed by atoms with Crippen LogP contribution < -0.4 is 9.64 Å². The number of methoxy groups -OCH3 is 1.